The molecule has 0 aliphatic carbocycles. The number of hydrogen-bond donors (Lipinski definition) is 2. The first-order valence-corrected chi connectivity index (χ1v) is 12.0. The second kappa shape index (κ2) is 14.2. The van der Waals surface area contributed by atoms with Gasteiger partial charge in [0.1, 0.15) is 11.4 Å². The maximum Gasteiger partial charge on any atom is 0.407 e. The Labute approximate surface area is 185 Å². The molecule has 0 aliphatic rings. The molecule has 9 nitrogen and oxygen atoms in total. The van der Waals surface area contributed by atoms with E-state index in [0.717, 1.165) is 12.8 Å². The third-order valence-electron chi connectivity index (χ3n) is 3.73. The van der Waals surface area contributed by atoms with Gasteiger partial charge in [-0.05, 0) is 51.5 Å². The maximum atomic E-state index is 12.3. The molecule has 0 unspecified atom stereocenters. The molecule has 1 rings (SSSR count). The molecule has 0 bridgehead atoms. The van der Waals surface area contributed by atoms with Crippen LogP contribution in [0.15, 0.2) is 29.2 Å². The number of unbranched alkanes of at least 4 members (excludes halogenated alkanes) is 1. The number of alkyl carbamates (subject to hydrolysis) is 1. The van der Waals surface area contributed by atoms with Crippen molar-refractivity contribution < 1.29 is 32.2 Å². The molecule has 10 heteroatoms. The summed E-state index contributed by atoms with van der Waals surface area (Å²) < 4.78 is 48.4. The van der Waals surface area contributed by atoms with Gasteiger partial charge in [-0.3, -0.25) is 0 Å². The summed E-state index contributed by atoms with van der Waals surface area (Å²) in [7, 11) is -3.60. The number of carbonyl (C=O) groups is 1. The topological polar surface area (TPSA) is 112 Å². The Morgan fingerprint density at radius 3 is 2.13 bits per heavy atom. The molecule has 0 aliphatic heterocycles. The van der Waals surface area contributed by atoms with Crippen LogP contribution in [0.3, 0.4) is 0 Å². The number of amides is 1. The summed E-state index contributed by atoms with van der Waals surface area (Å²) >= 11 is 0. The fraction of sp³-hybridized carbons (Fsp3) is 0.667. The molecule has 0 spiro atoms. The molecular formula is C21H36N2O7S. The summed E-state index contributed by atoms with van der Waals surface area (Å²) in [5.74, 6) is 0.650. The van der Waals surface area contributed by atoms with E-state index in [2.05, 4.69) is 17.0 Å². The zero-order chi connectivity index (χ0) is 23.2. The van der Waals surface area contributed by atoms with Gasteiger partial charge in [0.05, 0.1) is 37.9 Å². The van der Waals surface area contributed by atoms with Gasteiger partial charge in [0.25, 0.3) is 0 Å². The molecule has 0 fully saturated rings. The van der Waals surface area contributed by atoms with E-state index >= 15 is 0 Å². The van der Waals surface area contributed by atoms with Gasteiger partial charge in [-0.1, -0.05) is 13.3 Å². The van der Waals surface area contributed by atoms with E-state index < -0.39 is 21.7 Å². The minimum atomic E-state index is -3.60. The quantitative estimate of drug-likeness (QED) is 0.387. The predicted molar refractivity (Wildman–Crippen MR) is 118 cm³/mol. The summed E-state index contributed by atoms with van der Waals surface area (Å²) in [6.07, 6.45) is 1.50. The SMILES string of the molecule is CCCCOc1ccc(S(=O)(=O)NCCOCCOCCNC(=O)OC(C)(C)C)cc1. The average Bonchev–Trinajstić information content (AvgIpc) is 2.68. The highest BCUT2D eigenvalue weighted by atomic mass is 32.2. The van der Waals surface area contributed by atoms with Gasteiger partial charge in [0.15, 0.2) is 0 Å². The van der Waals surface area contributed by atoms with Crippen LogP contribution in [0.25, 0.3) is 0 Å². The van der Waals surface area contributed by atoms with Gasteiger partial charge in [0, 0.05) is 13.1 Å². The standard InChI is InChI=1S/C21H36N2O7S/c1-5-6-13-29-18-7-9-19(10-8-18)31(25,26)23-12-15-28-17-16-27-14-11-22-20(24)30-21(2,3)4/h7-10,23H,5-6,11-17H2,1-4H3,(H,22,24). The number of ether oxygens (including phenoxy) is 4. The van der Waals surface area contributed by atoms with Gasteiger partial charge < -0.3 is 24.3 Å². The summed E-state index contributed by atoms with van der Waals surface area (Å²) in [6, 6.07) is 6.33. The maximum absolute atomic E-state index is 12.3. The van der Waals surface area contributed by atoms with E-state index in [9.17, 15) is 13.2 Å². The molecule has 0 radical (unpaired) electrons. The van der Waals surface area contributed by atoms with Crippen molar-refractivity contribution in [3.63, 3.8) is 0 Å². The second-order valence-corrected chi connectivity index (χ2v) is 9.49. The van der Waals surface area contributed by atoms with Crippen molar-refractivity contribution >= 4 is 16.1 Å². The predicted octanol–water partition coefficient (Wildman–Crippen LogP) is 2.70. The van der Waals surface area contributed by atoms with Crippen molar-refractivity contribution in [2.45, 2.75) is 51.0 Å². The number of benzene rings is 1. The van der Waals surface area contributed by atoms with Gasteiger partial charge >= 0.3 is 6.09 Å². The summed E-state index contributed by atoms with van der Waals surface area (Å²) in [5, 5.41) is 2.59. The van der Waals surface area contributed by atoms with Gasteiger partial charge in [-0.25, -0.2) is 17.9 Å². The molecule has 1 amide bonds. The smallest absolute Gasteiger partial charge is 0.407 e. The van der Waals surface area contributed by atoms with Crippen LogP contribution in [0, 0.1) is 0 Å². The van der Waals surface area contributed by atoms with Crippen LogP contribution in [-0.2, 0) is 24.2 Å². The van der Waals surface area contributed by atoms with Crippen molar-refractivity contribution in [2.75, 3.05) is 46.1 Å². The number of nitrogens with one attached hydrogen (secondary N) is 2. The van der Waals surface area contributed by atoms with Crippen molar-refractivity contribution in [3.8, 4) is 5.75 Å². The van der Waals surface area contributed by atoms with E-state index in [1.807, 2.05) is 0 Å². The van der Waals surface area contributed by atoms with E-state index in [4.69, 9.17) is 18.9 Å². The van der Waals surface area contributed by atoms with Crippen LogP contribution >= 0.6 is 0 Å². The van der Waals surface area contributed by atoms with E-state index in [1.165, 1.54) is 12.1 Å². The lowest BCUT2D eigenvalue weighted by atomic mass is 10.2. The minimum Gasteiger partial charge on any atom is -0.494 e. The molecule has 31 heavy (non-hydrogen) atoms. The molecule has 0 atom stereocenters. The van der Waals surface area contributed by atoms with Crippen molar-refractivity contribution in [1.82, 2.24) is 10.0 Å². The summed E-state index contributed by atoms with van der Waals surface area (Å²) in [6.45, 7) is 9.75. The fourth-order valence-electron chi connectivity index (χ4n) is 2.24. The Morgan fingerprint density at radius 1 is 0.935 bits per heavy atom. The molecule has 0 heterocycles. The lowest BCUT2D eigenvalue weighted by Gasteiger charge is -2.19. The molecule has 1 aromatic carbocycles. The summed E-state index contributed by atoms with van der Waals surface area (Å²) in [5.41, 5.74) is -0.535. The Bertz CT molecular complexity index is 731. The molecule has 0 saturated carbocycles. The highest BCUT2D eigenvalue weighted by Crippen LogP contribution is 2.16. The molecule has 1 aromatic rings. The summed E-state index contributed by atoms with van der Waals surface area (Å²) in [4.78, 5) is 11.6. The van der Waals surface area contributed by atoms with Crippen molar-refractivity contribution in [3.05, 3.63) is 24.3 Å². The number of sulfonamides is 1. The van der Waals surface area contributed by atoms with E-state index in [0.29, 0.717) is 38.7 Å². The van der Waals surface area contributed by atoms with Crippen LogP contribution < -0.4 is 14.8 Å². The Morgan fingerprint density at radius 2 is 1.55 bits per heavy atom. The average molecular weight is 461 g/mol. The van der Waals surface area contributed by atoms with Crippen molar-refractivity contribution in [1.29, 1.82) is 0 Å². The highest BCUT2D eigenvalue weighted by Gasteiger charge is 2.15. The van der Waals surface area contributed by atoms with Gasteiger partial charge in [-0.2, -0.15) is 0 Å². The monoisotopic (exact) mass is 460 g/mol. The van der Waals surface area contributed by atoms with Crippen LogP contribution in [0.4, 0.5) is 4.79 Å². The first-order chi connectivity index (χ1) is 14.6. The van der Waals surface area contributed by atoms with Gasteiger partial charge in [0.2, 0.25) is 10.0 Å². The first-order valence-electron chi connectivity index (χ1n) is 10.5. The number of carbonyl (C=O) groups excluding carboxylic acids is 1. The normalized spacial score (nSPS) is 11.9. The van der Waals surface area contributed by atoms with E-state index in [-0.39, 0.29) is 18.0 Å². The molecule has 0 aromatic heterocycles. The second-order valence-electron chi connectivity index (χ2n) is 7.72. The highest BCUT2D eigenvalue weighted by molar-refractivity contribution is 7.89. The van der Waals surface area contributed by atoms with Crippen LogP contribution in [-0.4, -0.2) is 66.2 Å². The zero-order valence-corrected chi connectivity index (χ0v) is 19.8. The first kappa shape index (κ1) is 27.2. The van der Waals surface area contributed by atoms with E-state index in [1.54, 1.807) is 32.9 Å². The molecule has 2 N–H and O–H groups in total. The van der Waals surface area contributed by atoms with Crippen LogP contribution in [0.5, 0.6) is 5.75 Å². The Balaban J connectivity index is 2.10. The third-order valence-corrected chi connectivity index (χ3v) is 5.20. The fourth-order valence-corrected chi connectivity index (χ4v) is 3.26. The van der Waals surface area contributed by atoms with Crippen LogP contribution in [0.1, 0.15) is 40.5 Å². The third kappa shape index (κ3) is 13.2. The lowest BCUT2D eigenvalue weighted by Crippen LogP contribution is -2.34. The van der Waals surface area contributed by atoms with Gasteiger partial charge in [-0.15, -0.1) is 0 Å². The molecular weight excluding hydrogens is 424 g/mol. The zero-order valence-electron chi connectivity index (χ0n) is 18.9. The Hall–Kier alpha value is -1.88. The van der Waals surface area contributed by atoms with Crippen molar-refractivity contribution in [2.24, 2.45) is 0 Å². The van der Waals surface area contributed by atoms with Crippen LogP contribution in [0.2, 0.25) is 0 Å². The number of rotatable bonds is 15. The minimum absolute atomic E-state index is 0.150. The number of hydrogen-bond acceptors (Lipinski definition) is 7. The molecule has 0 saturated heterocycles. The Kier molecular flexibility index (Phi) is 12.5. The largest absolute Gasteiger partial charge is 0.494 e. The lowest BCUT2D eigenvalue weighted by molar-refractivity contribution is 0.0408. The molecule has 178 valence electrons.